The molecule has 0 saturated heterocycles. The van der Waals surface area contributed by atoms with E-state index in [1.165, 1.54) is 16.2 Å². The Kier molecular flexibility index (Phi) is 1.98. The highest BCUT2D eigenvalue weighted by atomic mass is 16.3. The zero-order valence-corrected chi connectivity index (χ0v) is 11.2. The van der Waals surface area contributed by atoms with Crippen molar-refractivity contribution in [2.24, 2.45) is 0 Å². The van der Waals surface area contributed by atoms with Crippen molar-refractivity contribution in [1.82, 2.24) is 4.98 Å². The smallest absolute Gasteiger partial charge is 0.135 e. The Bertz CT molecular complexity index is 1140. The Labute approximate surface area is 120 Å². The van der Waals surface area contributed by atoms with Gasteiger partial charge >= 0.3 is 0 Å². The maximum Gasteiger partial charge on any atom is 0.135 e. The van der Waals surface area contributed by atoms with E-state index in [0.717, 1.165) is 27.5 Å². The largest absolute Gasteiger partial charge is 0.456 e. The van der Waals surface area contributed by atoms with Gasteiger partial charge in [0.15, 0.2) is 0 Å². The minimum Gasteiger partial charge on any atom is -0.456 e. The highest BCUT2D eigenvalue weighted by Gasteiger charge is 2.08. The molecular formula is C19H11NO. The van der Waals surface area contributed by atoms with Gasteiger partial charge in [-0.15, -0.1) is 0 Å². The van der Waals surface area contributed by atoms with Crippen LogP contribution < -0.4 is 0 Å². The summed E-state index contributed by atoms with van der Waals surface area (Å²) >= 11 is 0. The molecular weight excluding hydrogens is 258 g/mol. The Morgan fingerprint density at radius 3 is 2.62 bits per heavy atom. The molecule has 3 aromatic carbocycles. The van der Waals surface area contributed by atoms with Gasteiger partial charge in [-0.3, -0.25) is 4.98 Å². The molecule has 2 nitrogen and oxygen atoms in total. The summed E-state index contributed by atoms with van der Waals surface area (Å²) in [5, 5.41) is 5.88. The maximum atomic E-state index is 6.06. The molecule has 5 rings (SSSR count). The molecule has 0 N–H and O–H groups in total. The van der Waals surface area contributed by atoms with Crippen LogP contribution in [0.15, 0.2) is 71.3 Å². The Hall–Kier alpha value is -2.87. The van der Waals surface area contributed by atoms with Gasteiger partial charge in [0, 0.05) is 27.7 Å². The summed E-state index contributed by atoms with van der Waals surface area (Å²) < 4.78 is 6.06. The van der Waals surface area contributed by atoms with Crippen LogP contribution in [0.5, 0.6) is 0 Å². The lowest BCUT2D eigenvalue weighted by atomic mass is 10.0. The maximum absolute atomic E-state index is 6.06. The van der Waals surface area contributed by atoms with E-state index in [9.17, 15) is 0 Å². The van der Waals surface area contributed by atoms with Crippen LogP contribution in [0.2, 0.25) is 0 Å². The molecule has 0 bridgehead atoms. The molecule has 2 heterocycles. The summed E-state index contributed by atoms with van der Waals surface area (Å²) in [6.07, 6.45) is 1.86. The third-order valence-corrected chi connectivity index (χ3v) is 4.10. The number of para-hydroxylation sites is 1. The lowest BCUT2D eigenvalue weighted by molar-refractivity contribution is 0.661. The number of aromatic nitrogens is 1. The van der Waals surface area contributed by atoms with E-state index in [-0.39, 0.29) is 0 Å². The van der Waals surface area contributed by atoms with Gasteiger partial charge in [-0.25, -0.2) is 0 Å². The molecule has 0 aliphatic heterocycles. The zero-order valence-electron chi connectivity index (χ0n) is 11.2. The molecule has 98 valence electrons. The van der Waals surface area contributed by atoms with Crippen LogP contribution in [-0.4, -0.2) is 4.98 Å². The molecule has 0 fully saturated rings. The summed E-state index contributed by atoms with van der Waals surface area (Å²) in [6.45, 7) is 0. The summed E-state index contributed by atoms with van der Waals surface area (Å²) in [6, 6.07) is 20.8. The van der Waals surface area contributed by atoms with Crippen molar-refractivity contribution >= 4 is 43.6 Å². The van der Waals surface area contributed by atoms with Gasteiger partial charge in [0.05, 0.1) is 5.52 Å². The van der Waals surface area contributed by atoms with Gasteiger partial charge in [-0.1, -0.05) is 30.3 Å². The molecule has 0 aliphatic carbocycles. The van der Waals surface area contributed by atoms with Crippen molar-refractivity contribution in [3.63, 3.8) is 0 Å². The first-order valence-corrected chi connectivity index (χ1v) is 6.99. The van der Waals surface area contributed by atoms with Gasteiger partial charge in [0.1, 0.15) is 11.2 Å². The van der Waals surface area contributed by atoms with Crippen LogP contribution >= 0.6 is 0 Å². The molecule has 0 saturated carbocycles. The fourth-order valence-electron chi connectivity index (χ4n) is 3.12. The van der Waals surface area contributed by atoms with E-state index in [2.05, 4.69) is 41.4 Å². The fourth-order valence-corrected chi connectivity index (χ4v) is 3.12. The van der Waals surface area contributed by atoms with E-state index < -0.39 is 0 Å². The molecule has 0 atom stereocenters. The van der Waals surface area contributed by atoms with Gasteiger partial charge in [0.2, 0.25) is 0 Å². The lowest BCUT2D eigenvalue weighted by Gasteiger charge is -2.06. The molecule has 0 aliphatic rings. The van der Waals surface area contributed by atoms with Crippen LogP contribution in [-0.2, 0) is 0 Å². The SMILES string of the molecule is c1ccc2oc3ccc4ccc5nccc5c4c3cc2c1. The van der Waals surface area contributed by atoms with Crippen LogP contribution in [0.3, 0.4) is 0 Å². The normalized spacial score (nSPS) is 11.8. The minimum absolute atomic E-state index is 0.912. The first-order valence-electron chi connectivity index (χ1n) is 6.99. The monoisotopic (exact) mass is 269 g/mol. The van der Waals surface area contributed by atoms with Crippen LogP contribution in [0, 0.1) is 0 Å². The summed E-state index contributed by atoms with van der Waals surface area (Å²) in [5.74, 6) is 0. The predicted octanol–water partition coefficient (Wildman–Crippen LogP) is 5.29. The summed E-state index contributed by atoms with van der Waals surface area (Å²) in [5.41, 5.74) is 2.86. The molecule has 2 aromatic heterocycles. The summed E-state index contributed by atoms with van der Waals surface area (Å²) in [7, 11) is 0. The Balaban J connectivity index is 2.11. The van der Waals surface area contributed by atoms with Crippen LogP contribution in [0.25, 0.3) is 43.6 Å². The topological polar surface area (TPSA) is 26.0 Å². The first-order chi connectivity index (χ1) is 10.4. The van der Waals surface area contributed by atoms with Crippen LogP contribution in [0.1, 0.15) is 0 Å². The summed E-state index contributed by atoms with van der Waals surface area (Å²) in [4.78, 5) is 4.41. The zero-order chi connectivity index (χ0) is 13.8. The average molecular weight is 269 g/mol. The fraction of sp³-hybridized carbons (Fsp3) is 0. The predicted molar refractivity (Wildman–Crippen MR) is 86.5 cm³/mol. The van der Waals surface area contributed by atoms with Crippen molar-refractivity contribution in [2.45, 2.75) is 0 Å². The number of hydrogen-bond acceptors (Lipinski definition) is 2. The van der Waals surface area contributed by atoms with E-state index in [1.807, 2.05) is 30.5 Å². The second-order valence-electron chi connectivity index (χ2n) is 5.30. The van der Waals surface area contributed by atoms with E-state index in [4.69, 9.17) is 4.42 Å². The van der Waals surface area contributed by atoms with Crippen molar-refractivity contribution in [3.8, 4) is 0 Å². The molecule has 21 heavy (non-hydrogen) atoms. The second kappa shape index (κ2) is 3.83. The number of benzene rings is 3. The van der Waals surface area contributed by atoms with Crippen molar-refractivity contribution in [3.05, 3.63) is 66.9 Å². The standard InChI is InChI=1S/C19H11NO/c1-2-4-17-13(3-1)11-15-18(21-17)8-6-12-5-7-16-14(19(12)15)9-10-20-16/h1-11H. The third kappa shape index (κ3) is 1.44. The van der Waals surface area contributed by atoms with E-state index >= 15 is 0 Å². The molecule has 5 aromatic rings. The molecule has 0 amide bonds. The molecule has 0 spiro atoms. The van der Waals surface area contributed by atoms with E-state index in [1.54, 1.807) is 0 Å². The van der Waals surface area contributed by atoms with Gasteiger partial charge < -0.3 is 4.42 Å². The number of fused-ring (bicyclic) bond motifs is 6. The van der Waals surface area contributed by atoms with Gasteiger partial charge in [0.25, 0.3) is 0 Å². The first kappa shape index (κ1) is 10.9. The molecule has 2 heteroatoms. The van der Waals surface area contributed by atoms with E-state index in [0.29, 0.717) is 0 Å². The number of nitrogens with zero attached hydrogens (tertiary/aromatic N) is 1. The van der Waals surface area contributed by atoms with Crippen molar-refractivity contribution < 1.29 is 4.42 Å². The molecule has 0 unspecified atom stereocenters. The Morgan fingerprint density at radius 2 is 1.62 bits per heavy atom. The lowest BCUT2D eigenvalue weighted by Crippen LogP contribution is -1.81. The number of rotatable bonds is 0. The van der Waals surface area contributed by atoms with Crippen LogP contribution in [0.4, 0.5) is 0 Å². The third-order valence-electron chi connectivity index (χ3n) is 4.10. The highest BCUT2D eigenvalue weighted by Crippen LogP contribution is 2.33. The highest BCUT2D eigenvalue weighted by molar-refractivity contribution is 6.19. The van der Waals surface area contributed by atoms with Gasteiger partial charge in [-0.2, -0.15) is 0 Å². The number of hydrogen-bond donors (Lipinski definition) is 0. The Morgan fingerprint density at radius 1 is 0.714 bits per heavy atom. The average Bonchev–Trinajstić information content (AvgIpc) is 3.01. The quantitative estimate of drug-likeness (QED) is 0.282. The van der Waals surface area contributed by atoms with Crippen molar-refractivity contribution in [2.75, 3.05) is 0 Å². The van der Waals surface area contributed by atoms with Crippen molar-refractivity contribution in [1.29, 1.82) is 0 Å². The molecule has 0 radical (unpaired) electrons. The van der Waals surface area contributed by atoms with Gasteiger partial charge in [-0.05, 0) is 35.7 Å². The minimum atomic E-state index is 0.912. The second-order valence-corrected chi connectivity index (χ2v) is 5.30.